The molecular formula is C15H28N4O. The number of ether oxygens (including phenoxy) is 1. The van der Waals surface area contributed by atoms with E-state index in [9.17, 15) is 0 Å². The average molecular weight is 280 g/mol. The zero-order valence-electron chi connectivity index (χ0n) is 12.8. The SMILES string of the molecule is CC(C)n1ccc(CN2CCC(OCCCN)CC2)n1. The lowest BCUT2D eigenvalue weighted by atomic mass is 10.1. The van der Waals surface area contributed by atoms with E-state index >= 15 is 0 Å². The molecule has 0 amide bonds. The molecule has 5 nitrogen and oxygen atoms in total. The molecule has 0 spiro atoms. The Hall–Kier alpha value is -0.910. The van der Waals surface area contributed by atoms with Crippen LogP contribution in [-0.2, 0) is 11.3 Å². The number of nitrogens with zero attached hydrogens (tertiary/aromatic N) is 3. The van der Waals surface area contributed by atoms with Crippen molar-refractivity contribution in [1.29, 1.82) is 0 Å². The van der Waals surface area contributed by atoms with E-state index in [0.717, 1.165) is 52.0 Å². The fourth-order valence-corrected chi connectivity index (χ4v) is 2.55. The monoisotopic (exact) mass is 280 g/mol. The van der Waals surface area contributed by atoms with Crippen LogP contribution in [0.3, 0.4) is 0 Å². The second kappa shape index (κ2) is 7.76. The molecule has 0 radical (unpaired) electrons. The minimum absolute atomic E-state index is 0.422. The molecule has 2 heterocycles. The quantitative estimate of drug-likeness (QED) is 0.774. The molecule has 1 saturated heterocycles. The fraction of sp³-hybridized carbons (Fsp3) is 0.800. The van der Waals surface area contributed by atoms with Gasteiger partial charge >= 0.3 is 0 Å². The van der Waals surface area contributed by atoms with Crippen LogP contribution in [0.25, 0.3) is 0 Å². The normalized spacial score (nSPS) is 18.0. The molecule has 1 aliphatic heterocycles. The van der Waals surface area contributed by atoms with Crippen LogP contribution in [0, 0.1) is 0 Å². The van der Waals surface area contributed by atoms with E-state index in [1.807, 2.05) is 4.68 Å². The maximum atomic E-state index is 5.83. The summed E-state index contributed by atoms with van der Waals surface area (Å²) in [7, 11) is 0. The van der Waals surface area contributed by atoms with E-state index in [2.05, 4.69) is 36.1 Å². The van der Waals surface area contributed by atoms with Crippen molar-refractivity contribution >= 4 is 0 Å². The van der Waals surface area contributed by atoms with Crippen LogP contribution in [0.1, 0.15) is 44.8 Å². The van der Waals surface area contributed by atoms with Gasteiger partial charge in [0, 0.05) is 38.5 Å². The lowest BCUT2D eigenvalue weighted by Crippen LogP contribution is -2.36. The van der Waals surface area contributed by atoms with Gasteiger partial charge in [0.05, 0.1) is 11.8 Å². The van der Waals surface area contributed by atoms with E-state index in [1.54, 1.807) is 0 Å². The first kappa shape index (κ1) is 15.5. The number of hydrogen-bond acceptors (Lipinski definition) is 4. The maximum Gasteiger partial charge on any atom is 0.0764 e. The number of likely N-dealkylation sites (tertiary alicyclic amines) is 1. The van der Waals surface area contributed by atoms with Crippen molar-refractivity contribution in [2.24, 2.45) is 5.73 Å². The Morgan fingerprint density at radius 2 is 2.15 bits per heavy atom. The summed E-state index contributed by atoms with van der Waals surface area (Å²) in [6.07, 6.45) is 5.70. The predicted octanol–water partition coefficient (Wildman–Crippen LogP) is 1.79. The highest BCUT2D eigenvalue weighted by Gasteiger charge is 2.20. The van der Waals surface area contributed by atoms with Crippen LogP contribution in [0.4, 0.5) is 0 Å². The molecule has 1 aromatic rings. The molecule has 1 aliphatic rings. The van der Waals surface area contributed by atoms with Gasteiger partial charge in [-0.05, 0) is 45.7 Å². The Morgan fingerprint density at radius 3 is 2.75 bits per heavy atom. The summed E-state index contributed by atoms with van der Waals surface area (Å²) in [5, 5.41) is 4.61. The molecule has 5 heteroatoms. The van der Waals surface area contributed by atoms with Crippen LogP contribution < -0.4 is 5.73 Å². The number of nitrogens with two attached hydrogens (primary N) is 1. The topological polar surface area (TPSA) is 56.3 Å². The molecule has 2 N–H and O–H groups in total. The molecule has 114 valence electrons. The summed E-state index contributed by atoms with van der Waals surface area (Å²) in [5.41, 5.74) is 6.65. The number of aromatic nitrogens is 2. The smallest absolute Gasteiger partial charge is 0.0764 e. The lowest BCUT2D eigenvalue weighted by molar-refractivity contribution is 0.00537. The average Bonchev–Trinajstić information content (AvgIpc) is 2.90. The number of rotatable bonds is 7. The van der Waals surface area contributed by atoms with E-state index in [0.29, 0.717) is 12.1 Å². The van der Waals surface area contributed by atoms with Crippen molar-refractivity contribution in [3.63, 3.8) is 0 Å². The van der Waals surface area contributed by atoms with Gasteiger partial charge in [0.25, 0.3) is 0 Å². The van der Waals surface area contributed by atoms with Gasteiger partial charge in [-0.15, -0.1) is 0 Å². The second-order valence-electron chi connectivity index (χ2n) is 5.87. The molecule has 0 aliphatic carbocycles. The third-order valence-electron chi connectivity index (χ3n) is 3.81. The first-order valence-corrected chi connectivity index (χ1v) is 7.77. The molecule has 2 rings (SSSR count). The van der Waals surface area contributed by atoms with Crippen LogP contribution in [0.5, 0.6) is 0 Å². The molecule has 0 bridgehead atoms. The Balaban J connectivity index is 1.71. The Kier molecular flexibility index (Phi) is 6.01. The Bertz CT molecular complexity index is 383. The Labute approximate surface area is 122 Å². The van der Waals surface area contributed by atoms with Crippen molar-refractivity contribution < 1.29 is 4.74 Å². The zero-order valence-corrected chi connectivity index (χ0v) is 12.8. The van der Waals surface area contributed by atoms with Gasteiger partial charge in [-0.25, -0.2) is 0 Å². The molecule has 0 aromatic carbocycles. The summed E-state index contributed by atoms with van der Waals surface area (Å²) in [4.78, 5) is 2.47. The van der Waals surface area contributed by atoms with Gasteiger partial charge in [-0.3, -0.25) is 9.58 Å². The van der Waals surface area contributed by atoms with Crippen LogP contribution in [-0.4, -0.2) is 47.0 Å². The summed E-state index contributed by atoms with van der Waals surface area (Å²) >= 11 is 0. The highest BCUT2D eigenvalue weighted by atomic mass is 16.5. The summed E-state index contributed by atoms with van der Waals surface area (Å²) in [6, 6.07) is 2.56. The standard InChI is InChI=1S/C15H28N4O/c1-13(2)19-10-4-14(17-19)12-18-8-5-15(6-9-18)20-11-3-7-16/h4,10,13,15H,3,5-9,11-12,16H2,1-2H3. The van der Waals surface area contributed by atoms with E-state index < -0.39 is 0 Å². The fourth-order valence-electron chi connectivity index (χ4n) is 2.55. The van der Waals surface area contributed by atoms with Gasteiger partial charge in [-0.1, -0.05) is 0 Å². The van der Waals surface area contributed by atoms with Crippen molar-refractivity contribution in [3.05, 3.63) is 18.0 Å². The van der Waals surface area contributed by atoms with Gasteiger partial charge in [0.15, 0.2) is 0 Å². The number of piperidine rings is 1. The molecule has 0 unspecified atom stereocenters. The van der Waals surface area contributed by atoms with Gasteiger partial charge in [0.2, 0.25) is 0 Å². The first-order chi connectivity index (χ1) is 9.69. The van der Waals surface area contributed by atoms with Crippen LogP contribution >= 0.6 is 0 Å². The number of hydrogen-bond donors (Lipinski definition) is 1. The van der Waals surface area contributed by atoms with Gasteiger partial charge in [-0.2, -0.15) is 5.10 Å². The van der Waals surface area contributed by atoms with Gasteiger partial charge < -0.3 is 10.5 Å². The molecule has 1 fully saturated rings. The van der Waals surface area contributed by atoms with Crippen molar-refractivity contribution in [2.45, 2.75) is 51.8 Å². The highest BCUT2D eigenvalue weighted by Crippen LogP contribution is 2.16. The minimum atomic E-state index is 0.422. The van der Waals surface area contributed by atoms with Gasteiger partial charge in [0.1, 0.15) is 0 Å². The molecule has 20 heavy (non-hydrogen) atoms. The van der Waals surface area contributed by atoms with Crippen molar-refractivity contribution in [1.82, 2.24) is 14.7 Å². The van der Waals surface area contributed by atoms with E-state index in [1.165, 1.54) is 5.69 Å². The third-order valence-corrected chi connectivity index (χ3v) is 3.81. The second-order valence-corrected chi connectivity index (χ2v) is 5.87. The molecular weight excluding hydrogens is 252 g/mol. The first-order valence-electron chi connectivity index (χ1n) is 7.77. The minimum Gasteiger partial charge on any atom is -0.378 e. The lowest BCUT2D eigenvalue weighted by Gasteiger charge is -2.31. The zero-order chi connectivity index (χ0) is 14.4. The largest absolute Gasteiger partial charge is 0.378 e. The predicted molar refractivity (Wildman–Crippen MR) is 80.5 cm³/mol. The summed E-state index contributed by atoms with van der Waals surface area (Å²) in [6.45, 7) is 8.98. The third kappa shape index (κ3) is 4.58. The molecule has 0 atom stereocenters. The van der Waals surface area contributed by atoms with Crippen LogP contribution in [0.15, 0.2) is 12.3 Å². The van der Waals surface area contributed by atoms with Crippen LogP contribution in [0.2, 0.25) is 0 Å². The van der Waals surface area contributed by atoms with Crippen molar-refractivity contribution in [3.8, 4) is 0 Å². The summed E-state index contributed by atoms with van der Waals surface area (Å²) < 4.78 is 7.86. The highest BCUT2D eigenvalue weighted by molar-refractivity contribution is 4.99. The van der Waals surface area contributed by atoms with Crippen molar-refractivity contribution in [2.75, 3.05) is 26.2 Å². The van der Waals surface area contributed by atoms with E-state index in [4.69, 9.17) is 10.5 Å². The summed E-state index contributed by atoms with van der Waals surface area (Å²) in [5.74, 6) is 0. The molecule has 0 saturated carbocycles. The maximum absolute atomic E-state index is 5.83. The molecule has 1 aromatic heterocycles. The Morgan fingerprint density at radius 1 is 1.40 bits per heavy atom. The van der Waals surface area contributed by atoms with E-state index in [-0.39, 0.29) is 0 Å².